The largest absolute Gasteiger partial charge is 0.478 e. The highest BCUT2D eigenvalue weighted by Crippen LogP contribution is 2.33. The summed E-state index contributed by atoms with van der Waals surface area (Å²) in [4.78, 5) is 14.9. The molecule has 2 rings (SSSR count). The fourth-order valence-electron chi connectivity index (χ4n) is 1.71. The predicted molar refractivity (Wildman–Crippen MR) is 66.7 cm³/mol. The lowest BCUT2D eigenvalue weighted by atomic mass is 10.2. The van der Waals surface area contributed by atoms with Crippen LogP contribution in [0.25, 0.3) is 0 Å². The molecule has 0 unspecified atom stereocenters. The van der Waals surface area contributed by atoms with Gasteiger partial charge in [-0.2, -0.15) is 0 Å². The Hall–Kier alpha value is -1.29. The first-order chi connectivity index (χ1) is 8.16. The number of rotatable bonds is 6. The molecule has 0 spiro atoms. The van der Waals surface area contributed by atoms with Gasteiger partial charge in [-0.25, -0.2) is 9.78 Å². The molecule has 0 bridgehead atoms. The third-order valence-corrected chi connectivity index (χ3v) is 3.18. The van der Waals surface area contributed by atoms with Crippen molar-refractivity contribution in [3.05, 3.63) is 22.8 Å². The first-order valence-corrected chi connectivity index (χ1v) is 6.17. The number of carboxylic acid groups (broad SMARTS) is 1. The molecule has 1 aliphatic carbocycles. The number of hydrogen-bond acceptors (Lipinski definition) is 3. The fourth-order valence-corrected chi connectivity index (χ4v) is 1.90. The quantitative estimate of drug-likeness (QED) is 0.766. The van der Waals surface area contributed by atoms with Crippen LogP contribution in [0.2, 0.25) is 5.02 Å². The molecule has 0 aromatic carbocycles. The zero-order valence-corrected chi connectivity index (χ0v) is 10.2. The summed E-state index contributed by atoms with van der Waals surface area (Å²) in [6.45, 7) is 0.824. The summed E-state index contributed by atoms with van der Waals surface area (Å²) in [6, 6.07) is 1.47. The van der Waals surface area contributed by atoms with Crippen molar-refractivity contribution >= 4 is 23.4 Å². The average molecular weight is 255 g/mol. The van der Waals surface area contributed by atoms with Crippen LogP contribution in [0, 0.1) is 5.92 Å². The van der Waals surface area contributed by atoms with Crippen molar-refractivity contribution in [3.8, 4) is 0 Å². The van der Waals surface area contributed by atoms with Crippen LogP contribution in [0.15, 0.2) is 12.3 Å². The maximum atomic E-state index is 10.9. The van der Waals surface area contributed by atoms with E-state index in [1.807, 2.05) is 0 Å². The standard InChI is InChI=1S/C12H15ClN2O2/c13-10-7-15-11(6-9(10)12(16)17)14-5-1-2-8-3-4-8/h6-8H,1-5H2,(H,14,15)(H,16,17). The second-order valence-electron chi connectivity index (χ2n) is 4.37. The molecule has 1 heterocycles. The molecule has 0 atom stereocenters. The first-order valence-electron chi connectivity index (χ1n) is 5.79. The maximum absolute atomic E-state index is 10.9. The van der Waals surface area contributed by atoms with E-state index in [0.717, 1.165) is 18.9 Å². The molecule has 4 nitrogen and oxygen atoms in total. The van der Waals surface area contributed by atoms with Crippen molar-refractivity contribution in [1.29, 1.82) is 0 Å². The Morgan fingerprint density at radius 2 is 2.35 bits per heavy atom. The van der Waals surface area contributed by atoms with E-state index < -0.39 is 5.97 Å². The lowest BCUT2D eigenvalue weighted by molar-refractivity contribution is 0.0697. The van der Waals surface area contributed by atoms with E-state index in [4.69, 9.17) is 16.7 Å². The summed E-state index contributed by atoms with van der Waals surface area (Å²) in [5.41, 5.74) is 0.0892. The molecule has 0 radical (unpaired) electrons. The zero-order valence-electron chi connectivity index (χ0n) is 9.45. The lowest BCUT2D eigenvalue weighted by Gasteiger charge is -2.06. The smallest absolute Gasteiger partial charge is 0.337 e. The van der Waals surface area contributed by atoms with E-state index in [-0.39, 0.29) is 10.6 Å². The maximum Gasteiger partial charge on any atom is 0.337 e. The molecule has 0 amide bonds. The van der Waals surface area contributed by atoms with E-state index >= 15 is 0 Å². The van der Waals surface area contributed by atoms with Gasteiger partial charge in [0, 0.05) is 12.7 Å². The number of nitrogens with zero attached hydrogens (tertiary/aromatic N) is 1. The van der Waals surface area contributed by atoms with Gasteiger partial charge in [-0.3, -0.25) is 0 Å². The number of hydrogen-bond donors (Lipinski definition) is 2. The molecule has 92 valence electrons. The minimum Gasteiger partial charge on any atom is -0.478 e. The Morgan fingerprint density at radius 3 is 3.00 bits per heavy atom. The Morgan fingerprint density at radius 1 is 1.59 bits per heavy atom. The van der Waals surface area contributed by atoms with Gasteiger partial charge in [0.15, 0.2) is 0 Å². The number of aromatic carboxylic acids is 1. The molecule has 2 N–H and O–H groups in total. The molecule has 1 saturated carbocycles. The zero-order chi connectivity index (χ0) is 12.3. The summed E-state index contributed by atoms with van der Waals surface area (Å²) >= 11 is 5.73. The molecule has 0 saturated heterocycles. The van der Waals surface area contributed by atoms with Crippen LogP contribution in [-0.4, -0.2) is 22.6 Å². The van der Waals surface area contributed by atoms with Crippen LogP contribution in [0.1, 0.15) is 36.0 Å². The summed E-state index contributed by atoms with van der Waals surface area (Å²) in [7, 11) is 0. The number of pyridine rings is 1. The highest BCUT2D eigenvalue weighted by Gasteiger charge is 2.20. The Balaban J connectivity index is 1.86. The second kappa shape index (κ2) is 5.36. The molecule has 17 heavy (non-hydrogen) atoms. The molecule has 1 aliphatic rings. The number of nitrogens with one attached hydrogen (secondary N) is 1. The van der Waals surface area contributed by atoms with Crippen LogP contribution in [0.4, 0.5) is 5.82 Å². The number of carboxylic acids is 1. The average Bonchev–Trinajstić information content (AvgIpc) is 3.10. The van der Waals surface area contributed by atoms with Crippen LogP contribution >= 0.6 is 11.6 Å². The number of aromatic nitrogens is 1. The van der Waals surface area contributed by atoms with Crippen molar-refractivity contribution in [2.45, 2.75) is 25.7 Å². The van der Waals surface area contributed by atoms with Gasteiger partial charge in [-0.05, 0) is 24.8 Å². The number of carbonyl (C=O) groups is 1. The van der Waals surface area contributed by atoms with E-state index in [9.17, 15) is 4.79 Å². The molecule has 5 heteroatoms. The van der Waals surface area contributed by atoms with E-state index in [1.54, 1.807) is 0 Å². The molecular formula is C12H15ClN2O2. The second-order valence-corrected chi connectivity index (χ2v) is 4.77. The molecule has 1 fully saturated rings. The van der Waals surface area contributed by atoms with Crippen molar-refractivity contribution in [2.24, 2.45) is 5.92 Å². The van der Waals surface area contributed by atoms with Gasteiger partial charge in [0.2, 0.25) is 0 Å². The number of anilines is 1. The third kappa shape index (κ3) is 3.60. The van der Waals surface area contributed by atoms with Crippen molar-refractivity contribution in [2.75, 3.05) is 11.9 Å². The van der Waals surface area contributed by atoms with Gasteiger partial charge < -0.3 is 10.4 Å². The van der Waals surface area contributed by atoms with Crippen LogP contribution in [-0.2, 0) is 0 Å². The highest BCUT2D eigenvalue weighted by atomic mass is 35.5. The lowest BCUT2D eigenvalue weighted by Crippen LogP contribution is -2.06. The van der Waals surface area contributed by atoms with Gasteiger partial charge in [0.25, 0.3) is 0 Å². The third-order valence-electron chi connectivity index (χ3n) is 2.88. The van der Waals surface area contributed by atoms with Crippen LogP contribution < -0.4 is 5.32 Å². The van der Waals surface area contributed by atoms with E-state index in [0.29, 0.717) is 5.82 Å². The highest BCUT2D eigenvalue weighted by molar-refractivity contribution is 6.33. The topological polar surface area (TPSA) is 62.2 Å². The molecule has 1 aromatic rings. The summed E-state index contributed by atoms with van der Waals surface area (Å²) in [5, 5.41) is 12.2. The molecule has 1 aromatic heterocycles. The number of halogens is 1. The Kier molecular flexibility index (Phi) is 3.84. The minimum atomic E-state index is -1.03. The summed E-state index contributed by atoms with van der Waals surface area (Å²) in [6.07, 6.45) is 6.43. The van der Waals surface area contributed by atoms with Gasteiger partial charge in [-0.1, -0.05) is 24.4 Å². The van der Waals surface area contributed by atoms with Gasteiger partial charge >= 0.3 is 5.97 Å². The fraction of sp³-hybridized carbons (Fsp3) is 0.500. The van der Waals surface area contributed by atoms with E-state index in [2.05, 4.69) is 10.3 Å². The van der Waals surface area contributed by atoms with Gasteiger partial charge in [-0.15, -0.1) is 0 Å². The van der Waals surface area contributed by atoms with Gasteiger partial charge in [0.05, 0.1) is 10.6 Å². The minimum absolute atomic E-state index is 0.0892. The van der Waals surface area contributed by atoms with Crippen LogP contribution in [0.5, 0.6) is 0 Å². The monoisotopic (exact) mass is 254 g/mol. The summed E-state index contributed by atoms with van der Waals surface area (Å²) < 4.78 is 0. The van der Waals surface area contributed by atoms with E-state index in [1.165, 1.54) is 31.5 Å². The van der Waals surface area contributed by atoms with Crippen molar-refractivity contribution in [3.63, 3.8) is 0 Å². The predicted octanol–water partition coefficient (Wildman–Crippen LogP) is 3.04. The van der Waals surface area contributed by atoms with Crippen LogP contribution in [0.3, 0.4) is 0 Å². The SMILES string of the molecule is O=C(O)c1cc(NCCCC2CC2)ncc1Cl. The normalized spacial score (nSPS) is 14.6. The first kappa shape index (κ1) is 12.2. The Labute approximate surface area is 105 Å². The Bertz CT molecular complexity index is 419. The van der Waals surface area contributed by atoms with Crippen molar-refractivity contribution in [1.82, 2.24) is 4.98 Å². The molecule has 0 aliphatic heterocycles. The summed E-state index contributed by atoms with van der Waals surface area (Å²) in [5.74, 6) is 0.464. The van der Waals surface area contributed by atoms with Crippen molar-refractivity contribution < 1.29 is 9.90 Å². The van der Waals surface area contributed by atoms with Gasteiger partial charge in [0.1, 0.15) is 5.82 Å². The molecular weight excluding hydrogens is 240 g/mol.